The Balaban J connectivity index is 1.59. The SMILES string of the molecule is CNCc1ccc(COCCN2CCCCC2)s1. The third-order valence-electron chi connectivity index (χ3n) is 3.31. The van der Waals surface area contributed by atoms with Crippen molar-refractivity contribution in [2.75, 3.05) is 33.3 Å². The largest absolute Gasteiger partial charge is 0.375 e. The molecule has 1 fully saturated rings. The maximum Gasteiger partial charge on any atom is 0.0810 e. The quantitative estimate of drug-likeness (QED) is 0.769. The van der Waals surface area contributed by atoms with Gasteiger partial charge in [0.25, 0.3) is 0 Å². The van der Waals surface area contributed by atoms with E-state index in [9.17, 15) is 0 Å². The van der Waals surface area contributed by atoms with E-state index in [0.29, 0.717) is 0 Å². The van der Waals surface area contributed by atoms with Crippen molar-refractivity contribution < 1.29 is 4.74 Å². The van der Waals surface area contributed by atoms with E-state index < -0.39 is 0 Å². The molecule has 0 aromatic carbocycles. The number of thiophene rings is 1. The number of piperidine rings is 1. The summed E-state index contributed by atoms with van der Waals surface area (Å²) >= 11 is 1.84. The molecule has 0 spiro atoms. The normalized spacial score (nSPS) is 17.2. The number of hydrogen-bond acceptors (Lipinski definition) is 4. The summed E-state index contributed by atoms with van der Waals surface area (Å²) in [4.78, 5) is 5.23. The van der Waals surface area contributed by atoms with Crippen LogP contribution in [0, 0.1) is 0 Å². The Kier molecular flexibility index (Phi) is 6.14. The first-order valence-corrected chi connectivity index (χ1v) is 7.72. The van der Waals surface area contributed by atoms with Gasteiger partial charge in [-0.15, -0.1) is 11.3 Å². The van der Waals surface area contributed by atoms with Crippen LogP contribution < -0.4 is 5.32 Å². The van der Waals surface area contributed by atoms with Gasteiger partial charge < -0.3 is 15.0 Å². The van der Waals surface area contributed by atoms with Crippen LogP contribution in [0.4, 0.5) is 0 Å². The molecule has 0 atom stereocenters. The van der Waals surface area contributed by atoms with E-state index in [1.54, 1.807) is 0 Å². The summed E-state index contributed by atoms with van der Waals surface area (Å²) in [5.74, 6) is 0. The molecule has 0 aliphatic carbocycles. The molecule has 1 aromatic rings. The zero-order chi connectivity index (χ0) is 12.6. The van der Waals surface area contributed by atoms with Gasteiger partial charge >= 0.3 is 0 Å². The Hall–Kier alpha value is -0.420. The average molecular weight is 268 g/mol. The molecule has 2 heterocycles. The number of rotatable bonds is 7. The van der Waals surface area contributed by atoms with E-state index >= 15 is 0 Å². The molecule has 18 heavy (non-hydrogen) atoms. The zero-order valence-electron chi connectivity index (χ0n) is 11.3. The van der Waals surface area contributed by atoms with Gasteiger partial charge in [0, 0.05) is 22.8 Å². The first-order chi connectivity index (χ1) is 8.88. The molecular weight excluding hydrogens is 244 g/mol. The van der Waals surface area contributed by atoms with E-state index in [1.807, 2.05) is 18.4 Å². The molecule has 2 rings (SSSR count). The molecule has 1 aliphatic heterocycles. The van der Waals surface area contributed by atoms with E-state index in [2.05, 4.69) is 22.3 Å². The van der Waals surface area contributed by atoms with Crippen LogP contribution in [0.15, 0.2) is 12.1 Å². The molecule has 102 valence electrons. The summed E-state index contributed by atoms with van der Waals surface area (Å²) in [6.45, 7) is 6.19. The van der Waals surface area contributed by atoms with E-state index in [-0.39, 0.29) is 0 Å². The summed E-state index contributed by atoms with van der Waals surface area (Å²) in [5.41, 5.74) is 0. The standard InChI is InChI=1S/C14H24N2OS/c1-15-11-13-5-6-14(18-13)12-17-10-9-16-7-3-2-4-8-16/h5-6,15H,2-4,7-12H2,1H3. The van der Waals surface area contributed by atoms with Gasteiger partial charge in [0.05, 0.1) is 13.2 Å². The molecule has 3 nitrogen and oxygen atoms in total. The number of ether oxygens (including phenoxy) is 1. The molecule has 1 saturated heterocycles. The lowest BCUT2D eigenvalue weighted by Gasteiger charge is -2.26. The molecule has 0 bridgehead atoms. The molecule has 0 unspecified atom stereocenters. The van der Waals surface area contributed by atoms with Gasteiger partial charge in [-0.2, -0.15) is 0 Å². The predicted molar refractivity (Wildman–Crippen MR) is 77.0 cm³/mol. The summed E-state index contributed by atoms with van der Waals surface area (Å²) in [6, 6.07) is 4.36. The second-order valence-electron chi connectivity index (χ2n) is 4.85. The molecular formula is C14H24N2OS. The van der Waals surface area contributed by atoms with E-state index in [1.165, 1.54) is 42.1 Å². The lowest BCUT2D eigenvalue weighted by Crippen LogP contribution is -2.32. The van der Waals surface area contributed by atoms with Gasteiger partial charge in [0.1, 0.15) is 0 Å². The molecule has 0 amide bonds. The van der Waals surface area contributed by atoms with Crippen LogP contribution >= 0.6 is 11.3 Å². The maximum atomic E-state index is 5.76. The lowest BCUT2D eigenvalue weighted by molar-refractivity contribution is 0.0878. The van der Waals surface area contributed by atoms with Crippen LogP contribution in [0.1, 0.15) is 29.0 Å². The first kappa shape index (κ1) is 14.0. The number of hydrogen-bond donors (Lipinski definition) is 1. The van der Waals surface area contributed by atoms with Crippen LogP contribution in [-0.2, 0) is 17.9 Å². The van der Waals surface area contributed by atoms with Crippen LogP contribution in [0.25, 0.3) is 0 Å². The smallest absolute Gasteiger partial charge is 0.0810 e. The third kappa shape index (κ3) is 4.69. The Morgan fingerprint density at radius 3 is 2.78 bits per heavy atom. The van der Waals surface area contributed by atoms with Crippen molar-refractivity contribution >= 4 is 11.3 Å². The summed E-state index contributed by atoms with van der Waals surface area (Å²) in [5, 5.41) is 3.17. The zero-order valence-corrected chi connectivity index (χ0v) is 12.1. The number of nitrogens with one attached hydrogen (secondary N) is 1. The minimum atomic E-state index is 0.766. The highest BCUT2D eigenvalue weighted by molar-refractivity contribution is 7.11. The Bertz CT molecular complexity index is 334. The van der Waals surface area contributed by atoms with Gasteiger partial charge in [-0.3, -0.25) is 0 Å². The molecule has 4 heteroatoms. The maximum absolute atomic E-state index is 5.76. The molecule has 0 radical (unpaired) electrons. The van der Waals surface area contributed by atoms with Crippen LogP contribution in [0.2, 0.25) is 0 Å². The highest BCUT2D eigenvalue weighted by atomic mass is 32.1. The Morgan fingerprint density at radius 1 is 1.22 bits per heavy atom. The van der Waals surface area contributed by atoms with Crippen molar-refractivity contribution in [1.82, 2.24) is 10.2 Å². The van der Waals surface area contributed by atoms with Gasteiger partial charge in [-0.05, 0) is 45.1 Å². The lowest BCUT2D eigenvalue weighted by atomic mass is 10.1. The van der Waals surface area contributed by atoms with E-state index in [0.717, 1.165) is 26.3 Å². The Labute approximate surface area is 114 Å². The Morgan fingerprint density at radius 2 is 2.00 bits per heavy atom. The fraction of sp³-hybridized carbons (Fsp3) is 0.714. The highest BCUT2D eigenvalue weighted by Crippen LogP contribution is 2.17. The van der Waals surface area contributed by atoms with Crippen LogP contribution in [0.3, 0.4) is 0 Å². The summed E-state index contributed by atoms with van der Waals surface area (Å²) in [6.07, 6.45) is 4.12. The predicted octanol–water partition coefficient (Wildman–Crippen LogP) is 2.47. The topological polar surface area (TPSA) is 24.5 Å². The second-order valence-corrected chi connectivity index (χ2v) is 6.11. The fourth-order valence-electron chi connectivity index (χ4n) is 2.32. The van der Waals surface area contributed by atoms with Gasteiger partial charge in [0.15, 0.2) is 0 Å². The molecule has 1 aromatic heterocycles. The minimum absolute atomic E-state index is 0.766. The summed E-state index contributed by atoms with van der Waals surface area (Å²) in [7, 11) is 1.98. The van der Waals surface area contributed by atoms with Gasteiger partial charge in [-0.1, -0.05) is 6.42 Å². The number of likely N-dealkylation sites (tertiary alicyclic amines) is 1. The summed E-state index contributed by atoms with van der Waals surface area (Å²) < 4.78 is 5.76. The molecule has 1 aliphatic rings. The van der Waals surface area contributed by atoms with Crippen LogP contribution in [0.5, 0.6) is 0 Å². The second kappa shape index (κ2) is 7.89. The van der Waals surface area contributed by atoms with E-state index in [4.69, 9.17) is 4.74 Å². The highest BCUT2D eigenvalue weighted by Gasteiger charge is 2.09. The van der Waals surface area contributed by atoms with Crippen molar-refractivity contribution in [3.63, 3.8) is 0 Å². The van der Waals surface area contributed by atoms with Crippen molar-refractivity contribution in [1.29, 1.82) is 0 Å². The molecule has 0 saturated carbocycles. The number of nitrogens with zero attached hydrogens (tertiary/aromatic N) is 1. The van der Waals surface area contributed by atoms with Gasteiger partial charge in [0.2, 0.25) is 0 Å². The minimum Gasteiger partial charge on any atom is -0.375 e. The third-order valence-corrected chi connectivity index (χ3v) is 4.37. The van der Waals surface area contributed by atoms with Crippen molar-refractivity contribution in [2.45, 2.75) is 32.4 Å². The molecule has 1 N–H and O–H groups in total. The van der Waals surface area contributed by atoms with Crippen molar-refractivity contribution in [3.05, 3.63) is 21.9 Å². The van der Waals surface area contributed by atoms with Crippen molar-refractivity contribution in [3.8, 4) is 0 Å². The fourth-order valence-corrected chi connectivity index (χ4v) is 3.29. The monoisotopic (exact) mass is 268 g/mol. The van der Waals surface area contributed by atoms with Crippen molar-refractivity contribution in [2.24, 2.45) is 0 Å². The van der Waals surface area contributed by atoms with Gasteiger partial charge in [-0.25, -0.2) is 0 Å². The first-order valence-electron chi connectivity index (χ1n) is 6.91. The average Bonchev–Trinajstić information content (AvgIpc) is 2.84. The van der Waals surface area contributed by atoms with Crippen LogP contribution in [-0.4, -0.2) is 38.2 Å².